The number of carbonyl (C=O) groups is 1. The van der Waals surface area contributed by atoms with Crippen LogP contribution >= 0.6 is 0 Å². The van der Waals surface area contributed by atoms with Crippen LogP contribution in [-0.4, -0.2) is 19.1 Å². The van der Waals surface area contributed by atoms with E-state index >= 15 is 0 Å². The van der Waals surface area contributed by atoms with Crippen molar-refractivity contribution in [2.45, 2.75) is 46.0 Å². The predicted octanol–water partition coefficient (Wildman–Crippen LogP) is 2.52. The van der Waals surface area contributed by atoms with Gasteiger partial charge in [0.2, 0.25) is 0 Å². The van der Waals surface area contributed by atoms with Gasteiger partial charge in [-0.2, -0.15) is 0 Å². The van der Waals surface area contributed by atoms with Gasteiger partial charge in [0.25, 0.3) is 0 Å². The van der Waals surface area contributed by atoms with Gasteiger partial charge in [0.15, 0.2) is 0 Å². The summed E-state index contributed by atoms with van der Waals surface area (Å²) in [5.41, 5.74) is 0. The van der Waals surface area contributed by atoms with Gasteiger partial charge in [-0.3, -0.25) is 0 Å². The summed E-state index contributed by atoms with van der Waals surface area (Å²) in [6, 6.07) is 0.00236. The first-order chi connectivity index (χ1) is 7.24. The zero-order valence-corrected chi connectivity index (χ0v) is 10.0. The molecule has 15 heavy (non-hydrogen) atoms. The Morgan fingerprint density at radius 1 is 1.33 bits per heavy atom. The smallest absolute Gasteiger partial charge is 0.314 e. The largest absolute Gasteiger partial charge is 0.338 e. The second-order valence-corrected chi connectivity index (χ2v) is 4.66. The number of unbranched alkanes of at least 4 members (excludes halogenated alkanes) is 1. The first-order valence-corrected chi connectivity index (χ1v) is 6.25. The van der Waals surface area contributed by atoms with Gasteiger partial charge in [-0.05, 0) is 24.7 Å². The van der Waals surface area contributed by atoms with Crippen LogP contribution in [0.3, 0.4) is 0 Å². The molecule has 0 aliphatic heterocycles. The van der Waals surface area contributed by atoms with Gasteiger partial charge in [0.1, 0.15) is 0 Å². The number of hydrogen-bond donors (Lipinski definition) is 2. The Balaban J connectivity index is 2.05. The van der Waals surface area contributed by atoms with Crippen molar-refractivity contribution in [2.24, 2.45) is 11.8 Å². The lowest BCUT2D eigenvalue weighted by Gasteiger charge is -2.16. The fourth-order valence-corrected chi connectivity index (χ4v) is 2.19. The zero-order valence-electron chi connectivity index (χ0n) is 10.0. The third-order valence-electron chi connectivity index (χ3n) is 3.38. The van der Waals surface area contributed by atoms with E-state index in [1.807, 2.05) is 0 Å². The highest BCUT2D eigenvalue weighted by atomic mass is 16.2. The molecule has 0 aromatic rings. The van der Waals surface area contributed by atoms with Crippen molar-refractivity contribution >= 4 is 6.03 Å². The molecule has 1 rings (SSSR count). The topological polar surface area (TPSA) is 41.1 Å². The van der Waals surface area contributed by atoms with Crippen molar-refractivity contribution in [3.8, 4) is 0 Å². The maximum Gasteiger partial charge on any atom is 0.314 e. The SMILES string of the molecule is CCCCNC(=O)NCC1CCCC1C. The van der Waals surface area contributed by atoms with Gasteiger partial charge in [-0.1, -0.05) is 33.1 Å². The van der Waals surface area contributed by atoms with E-state index in [1.165, 1.54) is 19.3 Å². The van der Waals surface area contributed by atoms with Crippen LogP contribution in [-0.2, 0) is 0 Å². The number of urea groups is 1. The molecule has 2 N–H and O–H groups in total. The Morgan fingerprint density at radius 2 is 2.13 bits per heavy atom. The Labute approximate surface area is 93.0 Å². The van der Waals surface area contributed by atoms with E-state index < -0.39 is 0 Å². The Morgan fingerprint density at radius 3 is 2.73 bits per heavy atom. The highest BCUT2D eigenvalue weighted by Crippen LogP contribution is 2.30. The lowest BCUT2D eigenvalue weighted by molar-refractivity contribution is 0.237. The molecule has 1 aliphatic rings. The summed E-state index contributed by atoms with van der Waals surface area (Å²) in [6.45, 7) is 6.05. The minimum absolute atomic E-state index is 0.00236. The van der Waals surface area contributed by atoms with Crippen molar-refractivity contribution in [3.63, 3.8) is 0 Å². The summed E-state index contributed by atoms with van der Waals surface area (Å²) in [5, 5.41) is 5.84. The average molecular weight is 212 g/mol. The number of carbonyl (C=O) groups excluding carboxylic acids is 1. The highest BCUT2D eigenvalue weighted by Gasteiger charge is 2.23. The molecular weight excluding hydrogens is 188 g/mol. The lowest BCUT2D eigenvalue weighted by Crippen LogP contribution is -2.39. The van der Waals surface area contributed by atoms with Gasteiger partial charge >= 0.3 is 6.03 Å². The molecule has 0 bridgehead atoms. The van der Waals surface area contributed by atoms with Crippen LogP contribution in [0.15, 0.2) is 0 Å². The molecule has 0 saturated heterocycles. The Hall–Kier alpha value is -0.730. The number of hydrogen-bond acceptors (Lipinski definition) is 1. The van der Waals surface area contributed by atoms with Gasteiger partial charge in [-0.25, -0.2) is 4.79 Å². The molecule has 1 fully saturated rings. The maximum atomic E-state index is 11.4. The van der Waals surface area contributed by atoms with E-state index in [2.05, 4.69) is 24.5 Å². The molecule has 1 saturated carbocycles. The molecule has 0 radical (unpaired) electrons. The van der Waals surface area contributed by atoms with E-state index in [4.69, 9.17) is 0 Å². The molecule has 3 heteroatoms. The quantitative estimate of drug-likeness (QED) is 0.675. The molecule has 2 unspecified atom stereocenters. The molecule has 0 aromatic carbocycles. The van der Waals surface area contributed by atoms with Gasteiger partial charge in [0.05, 0.1) is 0 Å². The third-order valence-corrected chi connectivity index (χ3v) is 3.38. The normalized spacial score (nSPS) is 25.2. The zero-order chi connectivity index (χ0) is 11.1. The van der Waals surface area contributed by atoms with Crippen LogP contribution in [0.5, 0.6) is 0 Å². The van der Waals surface area contributed by atoms with Crippen molar-refractivity contribution in [1.82, 2.24) is 10.6 Å². The van der Waals surface area contributed by atoms with E-state index in [1.54, 1.807) is 0 Å². The first-order valence-electron chi connectivity index (χ1n) is 6.25. The number of rotatable bonds is 5. The van der Waals surface area contributed by atoms with Crippen LogP contribution in [0.25, 0.3) is 0 Å². The van der Waals surface area contributed by atoms with Crippen LogP contribution < -0.4 is 10.6 Å². The molecule has 2 atom stereocenters. The van der Waals surface area contributed by atoms with Crippen molar-refractivity contribution in [1.29, 1.82) is 0 Å². The molecule has 1 aliphatic carbocycles. The minimum Gasteiger partial charge on any atom is -0.338 e. The Kier molecular flexibility index (Phi) is 5.51. The average Bonchev–Trinajstić information content (AvgIpc) is 2.61. The monoisotopic (exact) mass is 212 g/mol. The highest BCUT2D eigenvalue weighted by molar-refractivity contribution is 5.73. The standard InChI is InChI=1S/C12H24N2O/c1-3-4-8-13-12(15)14-9-11-7-5-6-10(11)2/h10-11H,3-9H2,1-2H3,(H2,13,14,15). The van der Waals surface area contributed by atoms with Gasteiger partial charge in [-0.15, -0.1) is 0 Å². The summed E-state index contributed by atoms with van der Waals surface area (Å²) in [7, 11) is 0. The second-order valence-electron chi connectivity index (χ2n) is 4.66. The van der Waals surface area contributed by atoms with Crippen LogP contribution in [0.4, 0.5) is 4.79 Å². The van der Waals surface area contributed by atoms with Crippen molar-refractivity contribution in [3.05, 3.63) is 0 Å². The number of amides is 2. The van der Waals surface area contributed by atoms with Crippen LogP contribution in [0.1, 0.15) is 46.0 Å². The third kappa shape index (κ3) is 4.54. The lowest BCUT2D eigenvalue weighted by atomic mass is 9.98. The van der Waals surface area contributed by atoms with Gasteiger partial charge < -0.3 is 10.6 Å². The summed E-state index contributed by atoms with van der Waals surface area (Å²) >= 11 is 0. The van der Waals surface area contributed by atoms with E-state index in [-0.39, 0.29) is 6.03 Å². The Bertz CT molecular complexity index is 194. The summed E-state index contributed by atoms with van der Waals surface area (Å²) < 4.78 is 0. The first kappa shape index (κ1) is 12.3. The van der Waals surface area contributed by atoms with E-state index in [9.17, 15) is 4.79 Å². The molecular formula is C12H24N2O. The fraction of sp³-hybridized carbons (Fsp3) is 0.917. The van der Waals surface area contributed by atoms with E-state index in [0.29, 0.717) is 5.92 Å². The van der Waals surface area contributed by atoms with Gasteiger partial charge in [0, 0.05) is 13.1 Å². The predicted molar refractivity (Wildman–Crippen MR) is 62.8 cm³/mol. The minimum atomic E-state index is 0.00236. The van der Waals surface area contributed by atoms with Crippen LogP contribution in [0.2, 0.25) is 0 Å². The van der Waals surface area contributed by atoms with Crippen LogP contribution in [0, 0.1) is 11.8 Å². The van der Waals surface area contributed by atoms with Crippen molar-refractivity contribution < 1.29 is 4.79 Å². The summed E-state index contributed by atoms with van der Waals surface area (Å²) in [4.78, 5) is 11.4. The number of nitrogens with one attached hydrogen (secondary N) is 2. The van der Waals surface area contributed by atoms with Crippen molar-refractivity contribution in [2.75, 3.05) is 13.1 Å². The molecule has 0 aromatic heterocycles. The molecule has 88 valence electrons. The summed E-state index contributed by atoms with van der Waals surface area (Å²) in [6.07, 6.45) is 6.11. The summed E-state index contributed by atoms with van der Waals surface area (Å²) in [5.74, 6) is 1.47. The fourth-order valence-electron chi connectivity index (χ4n) is 2.19. The maximum absolute atomic E-state index is 11.4. The van der Waals surface area contributed by atoms with E-state index in [0.717, 1.165) is 31.8 Å². The molecule has 0 spiro atoms. The molecule has 2 amide bonds. The molecule has 0 heterocycles. The second kappa shape index (κ2) is 6.70. The molecule has 3 nitrogen and oxygen atoms in total.